The molecule has 1 aromatic carbocycles. The van der Waals surface area contributed by atoms with Gasteiger partial charge in [0.15, 0.2) is 0 Å². The first-order chi connectivity index (χ1) is 8.04. The zero-order chi connectivity index (χ0) is 12.2. The SMILES string of the molecule is CC12CCCCC1=Nc1c(Cl)cc(Cl)c(Cl)c12. The molecule has 1 aliphatic heterocycles. The van der Waals surface area contributed by atoms with Crippen LogP contribution in [0.2, 0.25) is 15.1 Å². The maximum absolute atomic E-state index is 6.36. The van der Waals surface area contributed by atoms with Crippen LogP contribution >= 0.6 is 34.8 Å². The van der Waals surface area contributed by atoms with Crippen LogP contribution in [0.5, 0.6) is 0 Å². The highest BCUT2D eigenvalue weighted by Crippen LogP contribution is 2.54. The third-order valence-corrected chi connectivity index (χ3v) is 5.00. The second-order valence-corrected chi connectivity index (χ2v) is 6.17. The number of hydrogen-bond donors (Lipinski definition) is 0. The Morgan fingerprint density at radius 1 is 1.18 bits per heavy atom. The van der Waals surface area contributed by atoms with E-state index in [9.17, 15) is 0 Å². The third kappa shape index (κ3) is 1.56. The van der Waals surface area contributed by atoms with Crippen LogP contribution in [0.25, 0.3) is 0 Å². The number of aliphatic imine (C=N–C) groups is 1. The second-order valence-electron chi connectivity index (χ2n) is 4.98. The minimum absolute atomic E-state index is 0.0563. The number of halogens is 3. The lowest BCUT2D eigenvalue weighted by Crippen LogP contribution is -2.32. The molecule has 0 bridgehead atoms. The topological polar surface area (TPSA) is 12.4 Å². The molecule has 0 aromatic heterocycles. The van der Waals surface area contributed by atoms with Gasteiger partial charge in [-0.05, 0) is 25.3 Å². The van der Waals surface area contributed by atoms with E-state index in [-0.39, 0.29) is 5.41 Å². The number of fused-ring (bicyclic) bond motifs is 3. The van der Waals surface area contributed by atoms with Crippen LogP contribution in [0, 0.1) is 0 Å². The molecular formula is C13H12Cl3N. The Morgan fingerprint density at radius 2 is 1.94 bits per heavy atom. The van der Waals surface area contributed by atoms with Crippen LogP contribution in [-0.4, -0.2) is 5.71 Å². The Bertz CT molecular complexity index is 536. The van der Waals surface area contributed by atoms with E-state index in [4.69, 9.17) is 34.8 Å². The molecule has 0 saturated heterocycles. The van der Waals surface area contributed by atoms with E-state index in [0.717, 1.165) is 24.1 Å². The van der Waals surface area contributed by atoms with Crippen molar-refractivity contribution in [3.63, 3.8) is 0 Å². The number of benzene rings is 1. The highest BCUT2D eigenvalue weighted by atomic mass is 35.5. The minimum Gasteiger partial charge on any atom is -0.255 e. The van der Waals surface area contributed by atoms with Gasteiger partial charge in [0.25, 0.3) is 0 Å². The zero-order valence-corrected chi connectivity index (χ0v) is 11.8. The highest BCUT2D eigenvalue weighted by molar-refractivity contribution is 6.45. The molecule has 17 heavy (non-hydrogen) atoms. The fourth-order valence-corrected chi connectivity index (χ4v) is 3.83. The molecule has 90 valence electrons. The van der Waals surface area contributed by atoms with E-state index in [1.807, 2.05) is 0 Å². The lowest BCUT2D eigenvalue weighted by molar-refractivity contribution is 0.498. The van der Waals surface area contributed by atoms with Crippen LogP contribution < -0.4 is 0 Å². The molecule has 0 amide bonds. The Kier molecular flexibility index (Phi) is 2.70. The first kappa shape index (κ1) is 11.8. The molecule has 1 aliphatic carbocycles. The van der Waals surface area contributed by atoms with Gasteiger partial charge in [-0.25, -0.2) is 0 Å². The number of rotatable bonds is 0. The van der Waals surface area contributed by atoms with Crippen LogP contribution in [-0.2, 0) is 5.41 Å². The fraction of sp³-hybridized carbons (Fsp3) is 0.462. The summed E-state index contributed by atoms with van der Waals surface area (Å²) in [6.07, 6.45) is 4.52. The van der Waals surface area contributed by atoms with Crippen LogP contribution in [0.1, 0.15) is 38.2 Å². The zero-order valence-electron chi connectivity index (χ0n) is 9.49. The largest absolute Gasteiger partial charge is 0.255 e. The standard InChI is InChI=1S/C13H12Cl3N/c1-13-5-3-2-4-9(13)17-12-8(15)6-7(14)11(16)10(12)13/h6H,2-5H2,1H3. The molecule has 1 heterocycles. The van der Waals surface area contributed by atoms with Crippen molar-refractivity contribution in [3.8, 4) is 0 Å². The second kappa shape index (κ2) is 3.88. The quantitative estimate of drug-likeness (QED) is 0.554. The smallest absolute Gasteiger partial charge is 0.0872 e. The van der Waals surface area contributed by atoms with Crippen molar-refractivity contribution in [1.82, 2.24) is 0 Å². The van der Waals surface area contributed by atoms with Crippen molar-refractivity contribution in [2.45, 2.75) is 38.0 Å². The van der Waals surface area contributed by atoms with E-state index in [1.54, 1.807) is 6.07 Å². The molecule has 2 aliphatic rings. The molecule has 1 aromatic rings. The van der Waals surface area contributed by atoms with E-state index in [2.05, 4.69) is 11.9 Å². The summed E-state index contributed by atoms with van der Waals surface area (Å²) in [6.45, 7) is 2.20. The summed E-state index contributed by atoms with van der Waals surface area (Å²) in [5, 5.41) is 1.76. The van der Waals surface area contributed by atoms with Crippen molar-refractivity contribution in [1.29, 1.82) is 0 Å². The molecular weight excluding hydrogens is 277 g/mol. The first-order valence-corrected chi connectivity index (χ1v) is 6.93. The fourth-order valence-electron chi connectivity index (χ4n) is 2.97. The summed E-state index contributed by atoms with van der Waals surface area (Å²) in [6, 6.07) is 1.69. The van der Waals surface area contributed by atoms with Gasteiger partial charge in [0.2, 0.25) is 0 Å². The number of hydrogen-bond acceptors (Lipinski definition) is 1. The molecule has 4 heteroatoms. The van der Waals surface area contributed by atoms with Gasteiger partial charge >= 0.3 is 0 Å². The summed E-state index contributed by atoms with van der Waals surface area (Å²) < 4.78 is 0. The molecule has 1 saturated carbocycles. The minimum atomic E-state index is -0.0563. The lowest BCUT2D eigenvalue weighted by atomic mass is 9.71. The van der Waals surface area contributed by atoms with Crippen molar-refractivity contribution >= 4 is 46.2 Å². The average molecular weight is 289 g/mol. The van der Waals surface area contributed by atoms with E-state index >= 15 is 0 Å². The molecule has 1 atom stereocenters. The van der Waals surface area contributed by atoms with Crippen LogP contribution in [0.3, 0.4) is 0 Å². The monoisotopic (exact) mass is 287 g/mol. The summed E-state index contributed by atoms with van der Waals surface area (Å²) in [7, 11) is 0. The lowest BCUT2D eigenvalue weighted by Gasteiger charge is -2.32. The van der Waals surface area contributed by atoms with Gasteiger partial charge in [0.1, 0.15) is 0 Å². The Labute approximate surface area is 116 Å². The summed E-state index contributed by atoms with van der Waals surface area (Å²) in [5.41, 5.74) is 3.02. The van der Waals surface area contributed by atoms with E-state index in [0.29, 0.717) is 15.1 Å². The average Bonchev–Trinajstić information content (AvgIpc) is 2.60. The summed E-state index contributed by atoms with van der Waals surface area (Å²) in [5.74, 6) is 0. The van der Waals surface area contributed by atoms with Crippen molar-refractivity contribution < 1.29 is 0 Å². The Balaban J connectivity index is 2.29. The predicted octanol–water partition coefficient (Wildman–Crippen LogP) is 5.56. The molecule has 0 radical (unpaired) electrons. The molecule has 3 rings (SSSR count). The van der Waals surface area contributed by atoms with E-state index < -0.39 is 0 Å². The van der Waals surface area contributed by atoms with Crippen molar-refractivity contribution in [2.75, 3.05) is 0 Å². The molecule has 1 nitrogen and oxygen atoms in total. The molecule has 0 N–H and O–H groups in total. The van der Waals surface area contributed by atoms with Gasteiger partial charge in [-0.15, -0.1) is 0 Å². The Morgan fingerprint density at radius 3 is 2.71 bits per heavy atom. The number of nitrogens with zero attached hydrogens (tertiary/aromatic N) is 1. The van der Waals surface area contributed by atoms with Gasteiger partial charge < -0.3 is 0 Å². The normalized spacial score (nSPS) is 26.5. The van der Waals surface area contributed by atoms with Gasteiger partial charge in [-0.3, -0.25) is 4.99 Å². The van der Waals surface area contributed by atoms with Crippen molar-refractivity contribution in [3.05, 3.63) is 26.7 Å². The van der Waals surface area contributed by atoms with Crippen LogP contribution in [0.15, 0.2) is 11.1 Å². The van der Waals surface area contributed by atoms with Gasteiger partial charge in [0.05, 0.1) is 20.8 Å². The molecule has 0 spiro atoms. The summed E-state index contributed by atoms with van der Waals surface area (Å²) >= 11 is 18.7. The van der Waals surface area contributed by atoms with E-state index in [1.165, 1.54) is 18.6 Å². The maximum atomic E-state index is 6.36. The first-order valence-electron chi connectivity index (χ1n) is 5.80. The third-order valence-electron chi connectivity index (χ3n) is 3.92. The highest BCUT2D eigenvalue weighted by Gasteiger charge is 2.43. The van der Waals surface area contributed by atoms with Crippen molar-refractivity contribution in [2.24, 2.45) is 4.99 Å². The van der Waals surface area contributed by atoms with Crippen LogP contribution in [0.4, 0.5) is 5.69 Å². The molecule has 1 fully saturated rings. The predicted molar refractivity (Wildman–Crippen MR) is 74.4 cm³/mol. The molecule has 1 unspecified atom stereocenters. The van der Waals surface area contributed by atoms with Gasteiger partial charge in [-0.1, -0.05) is 48.1 Å². The van der Waals surface area contributed by atoms with Gasteiger partial charge in [-0.2, -0.15) is 0 Å². The Hall–Kier alpha value is -0.240. The van der Waals surface area contributed by atoms with Gasteiger partial charge in [0, 0.05) is 16.7 Å². The summed E-state index contributed by atoms with van der Waals surface area (Å²) in [4.78, 5) is 4.69. The maximum Gasteiger partial charge on any atom is 0.0872 e.